The molecule has 0 spiro atoms. The summed E-state index contributed by atoms with van der Waals surface area (Å²) in [6, 6.07) is 10.5. The Hall–Kier alpha value is -1.91. The van der Waals surface area contributed by atoms with Crippen molar-refractivity contribution in [3.05, 3.63) is 52.0 Å². The second-order valence-corrected chi connectivity index (χ2v) is 5.76. The minimum Gasteiger partial charge on any atom is -0.494 e. The van der Waals surface area contributed by atoms with E-state index >= 15 is 0 Å². The summed E-state index contributed by atoms with van der Waals surface area (Å²) in [4.78, 5) is 12.4. The molecule has 1 N–H and O–H groups in total. The van der Waals surface area contributed by atoms with Crippen LogP contribution in [0.15, 0.2) is 36.4 Å². The van der Waals surface area contributed by atoms with E-state index in [0.29, 0.717) is 46.0 Å². The van der Waals surface area contributed by atoms with Crippen molar-refractivity contribution in [2.45, 2.75) is 20.3 Å². The summed E-state index contributed by atoms with van der Waals surface area (Å²) in [7, 11) is 0. The molecule has 0 saturated carbocycles. The summed E-state index contributed by atoms with van der Waals surface area (Å²) in [6.07, 6.45) is 0.0724. The minimum atomic E-state index is -0.236. The predicted molar refractivity (Wildman–Crippen MR) is 97.6 cm³/mol. The van der Waals surface area contributed by atoms with Gasteiger partial charge in [-0.1, -0.05) is 29.3 Å². The Morgan fingerprint density at radius 2 is 1.71 bits per heavy atom. The van der Waals surface area contributed by atoms with Gasteiger partial charge in [-0.2, -0.15) is 0 Å². The minimum absolute atomic E-state index is 0.0724. The van der Waals surface area contributed by atoms with Crippen molar-refractivity contribution in [2.75, 3.05) is 18.5 Å². The average Bonchev–Trinajstić information content (AvgIpc) is 2.54. The number of carbonyl (C=O) groups is 1. The van der Waals surface area contributed by atoms with E-state index in [0.717, 1.165) is 0 Å². The highest BCUT2D eigenvalue weighted by Gasteiger charge is 2.14. The van der Waals surface area contributed by atoms with E-state index in [1.807, 2.05) is 13.8 Å². The number of ether oxygens (including phenoxy) is 2. The molecule has 0 fully saturated rings. The van der Waals surface area contributed by atoms with Crippen molar-refractivity contribution in [2.24, 2.45) is 0 Å². The summed E-state index contributed by atoms with van der Waals surface area (Å²) in [6.45, 7) is 4.81. The summed E-state index contributed by atoms with van der Waals surface area (Å²) >= 11 is 12.2. The molecule has 0 aliphatic heterocycles. The summed E-state index contributed by atoms with van der Waals surface area (Å²) in [5, 5.41) is 3.76. The molecule has 0 aliphatic carbocycles. The molecule has 6 heteroatoms. The zero-order chi connectivity index (χ0) is 17.5. The van der Waals surface area contributed by atoms with E-state index in [1.165, 1.54) is 0 Å². The Morgan fingerprint density at radius 1 is 1.04 bits per heavy atom. The average molecular weight is 368 g/mol. The molecule has 0 aromatic heterocycles. The number of anilines is 1. The second kappa shape index (κ2) is 8.81. The van der Waals surface area contributed by atoms with E-state index in [9.17, 15) is 4.79 Å². The van der Waals surface area contributed by atoms with E-state index in [1.54, 1.807) is 36.4 Å². The van der Waals surface area contributed by atoms with Crippen molar-refractivity contribution in [3.63, 3.8) is 0 Å². The molecule has 0 atom stereocenters. The van der Waals surface area contributed by atoms with Crippen LogP contribution in [0.3, 0.4) is 0 Å². The highest BCUT2D eigenvalue weighted by molar-refractivity contribution is 6.36. The maximum atomic E-state index is 12.4. The lowest BCUT2D eigenvalue weighted by molar-refractivity contribution is -0.115. The van der Waals surface area contributed by atoms with Crippen LogP contribution in [-0.4, -0.2) is 19.1 Å². The number of hydrogen-bond donors (Lipinski definition) is 1. The second-order valence-electron chi connectivity index (χ2n) is 4.95. The molecule has 0 aliphatic rings. The first-order valence-electron chi connectivity index (χ1n) is 7.67. The highest BCUT2D eigenvalue weighted by atomic mass is 35.5. The molecule has 4 nitrogen and oxygen atoms in total. The quantitative estimate of drug-likeness (QED) is 0.751. The van der Waals surface area contributed by atoms with Gasteiger partial charge in [0.15, 0.2) is 0 Å². The van der Waals surface area contributed by atoms with Crippen LogP contribution in [0.2, 0.25) is 10.0 Å². The molecule has 2 rings (SSSR count). The van der Waals surface area contributed by atoms with Gasteiger partial charge in [-0.05, 0) is 43.7 Å². The van der Waals surface area contributed by atoms with Gasteiger partial charge in [-0.3, -0.25) is 4.79 Å². The topological polar surface area (TPSA) is 47.6 Å². The largest absolute Gasteiger partial charge is 0.494 e. The normalized spacial score (nSPS) is 10.3. The number of halogens is 2. The van der Waals surface area contributed by atoms with Crippen LogP contribution in [0.1, 0.15) is 19.4 Å². The van der Waals surface area contributed by atoms with Crippen molar-refractivity contribution < 1.29 is 14.3 Å². The lowest BCUT2D eigenvalue weighted by Crippen LogP contribution is -2.16. The summed E-state index contributed by atoms with van der Waals surface area (Å²) < 4.78 is 11.0. The number of benzene rings is 2. The lowest BCUT2D eigenvalue weighted by atomic mass is 10.1. The predicted octanol–water partition coefficient (Wildman–Crippen LogP) is 4.97. The fourth-order valence-corrected chi connectivity index (χ4v) is 2.73. The Morgan fingerprint density at radius 3 is 2.33 bits per heavy atom. The molecule has 128 valence electrons. The standard InChI is InChI=1S/C18H19Cl2NO3/c1-3-23-12-8-9-17(24-4-2)16(10-12)21-18(22)11-13-14(19)6-5-7-15(13)20/h5-10H,3-4,11H2,1-2H3,(H,21,22). The van der Waals surface area contributed by atoms with Crippen molar-refractivity contribution in [1.82, 2.24) is 0 Å². The molecule has 0 heterocycles. The van der Waals surface area contributed by atoms with Gasteiger partial charge in [0, 0.05) is 16.1 Å². The Kier molecular flexibility index (Phi) is 6.76. The van der Waals surface area contributed by atoms with Gasteiger partial charge in [0.05, 0.1) is 25.3 Å². The zero-order valence-corrected chi connectivity index (χ0v) is 15.1. The first kappa shape index (κ1) is 18.4. The van der Waals surface area contributed by atoms with Gasteiger partial charge >= 0.3 is 0 Å². The van der Waals surface area contributed by atoms with E-state index in [-0.39, 0.29) is 12.3 Å². The first-order chi connectivity index (χ1) is 11.5. The fraction of sp³-hybridized carbons (Fsp3) is 0.278. The maximum Gasteiger partial charge on any atom is 0.229 e. The molecule has 24 heavy (non-hydrogen) atoms. The summed E-state index contributed by atoms with van der Waals surface area (Å²) in [5.41, 5.74) is 1.15. The molecule has 0 saturated heterocycles. The third kappa shape index (κ3) is 4.79. The monoisotopic (exact) mass is 367 g/mol. The van der Waals surface area contributed by atoms with Gasteiger partial charge in [0.25, 0.3) is 0 Å². The Bertz CT molecular complexity index is 699. The third-order valence-corrected chi connectivity index (χ3v) is 3.94. The van der Waals surface area contributed by atoms with Crippen LogP contribution in [0, 0.1) is 0 Å². The van der Waals surface area contributed by atoms with Crippen LogP contribution < -0.4 is 14.8 Å². The van der Waals surface area contributed by atoms with Crippen LogP contribution in [-0.2, 0) is 11.2 Å². The molecule has 0 radical (unpaired) electrons. The Labute approximate surface area is 151 Å². The van der Waals surface area contributed by atoms with Crippen LogP contribution in [0.4, 0.5) is 5.69 Å². The van der Waals surface area contributed by atoms with Gasteiger partial charge in [0.1, 0.15) is 11.5 Å². The number of amides is 1. The van der Waals surface area contributed by atoms with Crippen LogP contribution in [0.25, 0.3) is 0 Å². The number of carbonyl (C=O) groups excluding carboxylic acids is 1. The smallest absolute Gasteiger partial charge is 0.229 e. The van der Waals surface area contributed by atoms with E-state index < -0.39 is 0 Å². The SMILES string of the molecule is CCOc1ccc(OCC)c(NC(=O)Cc2c(Cl)cccc2Cl)c1. The first-order valence-corrected chi connectivity index (χ1v) is 8.43. The lowest BCUT2D eigenvalue weighted by Gasteiger charge is -2.14. The molecular weight excluding hydrogens is 349 g/mol. The molecule has 0 unspecified atom stereocenters. The molecule has 2 aromatic rings. The van der Waals surface area contributed by atoms with Crippen LogP contribution in [0.5, 0.6) is 11.5 Å². The highest BCUT2D eigenvalue weighted by Crippen LogP contribution is 2.30. The Balaban J connectivity index is 2.19. The van der Waals surface area contributed by atoms with Crippen molar-refractivity contribution >= 4 is 34.8 Å². The van der Waals surface area contributed by atoms with E-state index in [2.05, 4.69) is 5.32 Å². The molecule has 1 amide bonds. The molecule has 0 bridgehead atoms. The third-order valence-electron chi connectivity index (χ3n) is 3.23. The van der Waals surface area contributed by atoms with Gasteiger partial charge < -0.3 is 14.8 Å². The van der Waals surface area contributed by atoms with Gasteiger partial charge in [-0.25, -0.2) is 0 Å². The van der Waals surface area contributed by atoms with Crippen LogP contribution >= 0.6 is 23.2 Å². The maximum absolute atomic E-state index is 12.4. The molecule has 2 aromatic carbocycles. The number of hydrogen-bond acceptors (Lipinski definition) is 3. The molecular formula is C18H19Cl2NO3. The van der Waals surface area contributed by atoms with Gasteiger partial charge in [0.2, 0.25) is 5.91 Å². The number of nitrogens with one attached hydrogen (secondary N) is 1. The van der Waals surface area contributed by atoms with Crippen molar-refractivity contribution in [3.8, 4) is 11.5 Å². The van der Waals surface area contributed by atoms with Crippen molar-refractivity contribution in [1.29, 1.82) is 0 Å². The van der Waals surface area contributed by atoms with E-state index in [4.69, 9.17) is 32.7 Å². The zero-order valence-electron chi connectivity index (χ0n) is 13.6. The fourth-order valence-electron chi connectivity index (χ4n) is 2.20. The summed E-state index contributed by atoms with van der Waals surface area (Å²) in [5.74, 6) is 1.01. The van der Waals surface area contributed by atoms with Gasteiger partial charge in [-0.15, -0.1) is 0 Å². The number of rotatable bonds is 7.